The van der Waals surface area contributed by atoms with Gasteiger partial charge in [0.25, 0.3) is 0 Å². The SMILES string of the molecule is C=N/C(C)=C\C=C(/C)NC(C)=O. The third kappa shape index (κ3) is 5.41. The number of carbonyl (C=O) groups is 1. The molecule has 0 aliphatic carbocycles. The quantitative estimate of drug-likeness (QED) is 0.502. The van der Waals surface area contributed by atoms with Crippen LogP contribution in [0.15, 0.2) is 28.5 Å². The third-order valence-corrected chi connectivity index (χ3v) is 1.20. The highest BCUT2D eigenvalue weighted by Gasteiger charge is 1.89. The highest BCUT2D eigenvalue weighted by Crippen LogP contribution is 1.95. The molecule has 0 spiro atoms. The van der Waals surface area contributed by atoms with E-state index in [9.17, 15) is 4.79 Å². The molecule has 12 heavy (non-hydrogen) atoms. The summed E-state index contributed by atoms with van der Waals surface area (Å²) in [6.45, 7) is 8.49. The van der Waals surface area contributed by atoms with Crippen LogP contribution in [0.4, 0.5) is 0 Å². The van der Waals surface area contributed by atoms with Crippen LogP contribution < -0.4 is 5.32 Å². The number of allylic oxidation sites excluding steroid dienone is 4. The zero-order chi connectivity index (χ0) is 9.56. The van der Waals surface area contributed by atoms with Gasteiger partial charge in [0.05, 0.1) is 0 Å². The Hall–Kier alpha value is -1.38. The van der Waals surface area contributed by atoms with E-state index in [-0.39, 0.29) is 5.91 Å². The van der Waals surface area contributed by atoms with Crippen LogP contribution in [0.3, 0.4) is 0 Å². The van der Waals surface area contributed by atoms with Crippen molar-refractivity contribution in [3.8, 4) is 0 Å². The van der Waals surface area contributed by atoms with Crippen LogP contribution in [0.2, 0.25) is 0 Å². The average Bonchev–Trinajstić information content (AvgIpc) is 1.99. The van der Waals surface area contributed by atoms with E-state index in [1.54, 1.807) is 12.2 Å². The van der Waals surface area contributed by atoms with Crippen molar-refractivity contribution >= 4 is 12.6 Å². The lowest BCUT2D eigenvalue weighted by molar-refractivity contribution is -0.118. The van der Waals surface area contributed by atoms with Crippen LogP contribution >= 0.6 is 0 Å². The third-order valence-electron chi connectivity index (χ3n) is 1.20. The molecule has 0 aliphatic rings. The molecule has 0 aromatic carbocycles. The summed E-state index contributed by atoms with van der Waals surface area (Å²) >= 11 is 0. The largest absolute Gasteiger partial charge is 0.330 e. The molecule has 0 aromatic rings. The fourth-order valence-corrected chi connectivity index (χ4v) is 0.618. The topological polar surface area (TPSA) is 41.5 Å². The van der Waals surface area contributed by atoms with E-state index in [1.807, 2.05) is 13.8 Å². The monoisotopic (exact) mass is 166 g/mol. The Morgan fingerprint density at radius 1 is 1.33 bits per heavy atom. The summed E-state index contributed by atoms with van der Waals surface area (Å²) in [6, 6.07) is 0. The number of nitrogens with zero attached hydrogens (tertiary/aromatic N) is 1. The minimum Gasteiger partial charge on any atom is -0.330 e. The summed E-state index contributed by atoms with van der Waals surface area (Å²) in [4.78, 5) is 14.3. The Morgan fingerprint density at radius 2 is 1.92 bits per heavy atom. The number of aliphatic imine (C=N–C) groups is 1. The summed E-state index contributed by atoms with van der Waals surface area (Å²) in [7, 11) is 0. The van der Waals surface area contributed by atoms with Crippen LogP contribution in [-0.2, 0) is 4.79 Å². The smallest absolute Gasteiger partial charge is 0.220 e. The van der Waals surface area contributed by atoms with Gasteiger partial charge in [-0.05, 0) is 32.7 Å². The lowest BCUT2D eigenvalue weighted by Crippen LogP contribution is -2.16. The molecule has 1 amide bonds. The average molecular weight is 166 g/mol. The second kappa shape index (κ2) is 5.29. The van der Waals surface area contributed by atoms with Gasteiger partial charge in [-0.1, -0.05) is 0 Å². The van der Waals surface area contributed by atoms with Crippen LogP contribution in [0.5, 0.6) is 0 Å². The van der Waals surface area contributed by atoms with Crippen molar-refractivity contribution in [2.24, 2.45) is 4.99 Å². The van der Waals surface area contributed by atoms with E-state index in [1.165, 1.54) is 6.92 Å². The van der Waals surface area contributed by atoms with Crippen molar-refractivity contribution in [1.82, 2.24) is 5.32 Å². The summed E-state index contributed by atoms with van der Waals surface area (Å²) in [5, 5.41) is 2.64. The van der Waals surface area contributed by atoms with Gasteiger partial charge >= 0.3 is 0 Å². The summed E-state index contributed by atoms with van der Waals surface area (Å²) < 4.78 is 0. The molecule has 0 heterocycles. The van der Waals surface area contributed by atoms with Crippen molar-refractivity contribution in [3.05, 3.63) is 23.5 Å². The number of hydrogen-bond donors (Lipinski definition) is 1. The fraction of sp³-hybridized carbons (Fsp3) is 0.333. The van der Waals surface area contributed by atoms with Crippen molar-refractivity contribution in [2.75, 3.05) is 0 Å². The number of nitrogens with one attached hydrogen (secondary N) is 1. The standard InChI is InChI=1S/C9H14N2O/c1-7(10-4)5-6-8(2)11-9(3)12/h5-6H,4H2,1-3H3,(H,11,12)/b7-5-,8-6+. The Kier molecular flexibility index (Phi) is 4.69. The van der Waals surface area contributed by atoms with Crippen molar-refractivity contribution in [1.29, 1.82) is 0 Å². The van der Waals surface area contributed by atoms with Gasteiger partial charge < -0.3 is 5.32 Å². The molecule has 3 nitrogen and oxygen atoms in total. The molecular weight excluding hydrogens is 152 g/mol. The van der Waals surface area contributed by atoms with E-state index in [4.69, 9.17) is 0 Å². The van der Waals surface area contributed by atoms with E-state index in [0.717, 1.165) is 11.4 Å². The van der Waals surface area contributed by atoms with Crippen LogP contribution in [0, 0.1) is 0 Å². The molecular formula is C9H14N2O. The Morgan fingerprint density at radius 3 is 2.33 bits per heavy atom. The Balaban J connectivity index is 4.17. The molecule has 0 fully saturated rings. The molecule has 0 aromatic heterocycles. The summed E-state index contributed by atoms with van der Waals surface area (Å²) in [6.07, 6.45) is 3.57. The number of rotatable bonds is 3. The number of carbonyl (C=O) groups excluding carboxylic acids is 1. The molecule has 66 valence electrons. The van der Waals surface area contributed by atoms with Gasteiger partial charge in [0.1, 0.15) is 0 Å². The molecule has 1 N–H and O–H groups in total. The minimum absolute atomic E-state index is 0.0682. The molecule has 0 aliphatic heterocycles. The second-order valence-corrected chi connectivity index (χ2v) is 2.50. The zero-order valence-corrected chi connectivity index (χ0v) is 7.72. The molecule has 0 saturated carbocycles. The lowest BCUT2D eigenvalue weighted by atomic mass is 10.3. The van der Waals surface area contributed by atoms with Gasteiger partial charge in [-0.2, -0.15) is 0 Å². The molecule has 0 bridgehead atoms. The molecule has 0 atom stereocenters. The van der Waals surface area contributed by atoms with Crippen LogP contribution in [0.25, 0.3) is 0 Å². The predicted octanol–water partition coefficient (Wildman–Crippen LogP) is 1.63. The highest BCUT2D eigenvalue weighted by atomic mass is 16.1. The van der Waals surface area contributed by atoms with Crippen LogP contribution in [0.1, 0.15) is 20.8 Å². The van der Waals surface area contributed by atoms with Crippen LogP contribution in [-0.4, -0.2) is 12.6 Å². The molecule has 0 unspecified atom stereocenters. The first-order valence-corrected chi connectivity index (χ1v) is 3.65. The van der Waals surface area contributed by atoms with E-state index < -0.39 is 0 Å². The molecule has 0 radical (unpaired) electrons. The number of hydrogen-bond acceptors (Lipinski definition) is 2. The van der Waals surface area contributed by atoms with Gasteiger partial charge in [-0.25, -0.2) is 0 Å². The van der Waals surface area contributed by atoms with Crippen molar-refractivity contribution in [2.45, 2.75) is 20.8 Å². The first-order valence-electron chi connectivity index (χ1n) is 3.65. The maximum absolute atomic E-state index is 10.6. The maximum Gasteiger partial charge on any atom is 0.220 e. The molecule has 3 heteroatoms. The summed E-state index contributed by atoms with van der Waals surface area (Å²) in [5.74, 6) is -0.0682. The predicted molar refractivity (Wildman–Crippen MR) is 50.9 cm³/mol. The normalized spacial score (nSPS) is 12.6. The first kappa shape index (κ1) is 10.6. The zero-order valence-electron chi connectivity index (χ0n) is 7.72. The molecule has 0 saturated heterocycles. The van der Waals surface area contributed by atoms with Gasteiger partial charge in [-0.15, -0.1) is 0 Å². The first-order chi connectivity index (χ1) is 5.56. The Labute approximate surface area is 72.9 Å². The van der Waals surface area contributed by atoms with Gasteiger partial charge in [0, 0.05) is 18.3 Å². The van der Waals surface area contributed by atoms with Crippen molar-refractivity contribution < 1.29 is 4.79 Å². The molecule has 0 rings (SSSR count). The van der Waals surface area contributed by atoms with Gasteiger partial charge in [-0.3, -0.25) is 9.79 Å². The van der Waals surface area contributed by atoms with E-state index in [0.29, 0.717) is 0 Å². The van der Waals surface area contributed by atoms with E-state index >= 15 is 0 Å². The van der Waals surface area contributed by atoms with Gasteiger partial charge in [0.15, 0.2) is 0 Å². The highest BCUT2D eigenvalue weighted by molar-refractivity contribution is 5.74. The Bertz CT molecular complexity index is 239. The fourth-order valence-electron chi connectivity index (χ4n) is 0.618. The minimum atomic E-state index is -0.0682. The second-order valence-electron chi connectivity index (χ2n) is 2.50. The summed E-state index contributed by atoms with van der Waals surface area (Å²) in [5.41, 5.74) is 1.62. The van der Waals surface area contributed by atoms with Crippen molar-refractivity contribution in [3.63, 3.8) is 0 Å². The lowest BCUT2D eigenvalue weighted by Gasteiger charge is -1.98. The number of amides is 1. The van der Waals surface area contributed by atoms with Gasteiger partial charge in [0.2, 0.25) is 5.91 Å². The maximum atomic E-state index is 10.6. The van der Waals surface area contributed by atoms with E-state index in [2.05, 4.69) is 17.0 Å².